The van der Waals surface area contributed by atoms with E-state index >= 15 is 0 Å². The minimum absolute atomic E-state index is 0.203. The molecule has 1 heteroatoms. The smallest absolute Gasteiger partial charge is 0.123 e. The van der Waals surface area contributed by atoms with Gasteiger partial charge in [0.1, 0.15) is 5.82 Å². The Morgan fingerprint density at radius 3 is 2.67 bits per heavy atom. The summed E-state index contributed by atoms with van der Waals surface area (Å²) in [6, 6.07) is 6.60. The Labute approximate surface area is 90.4 Å². The maximum Gasteiger partial charge on any atom is 0.123 e. The van der Waals surface area contributed by atoms with Crippen LogP contribution < -0.4 is 0 Å². The predicted molar refractivity (Wildman–Crippen MR) is 64.0 cm³/mol. The van der Waals surface area contributed by atoms with Crippen molar-refractivity contribution in [1.29, 1.82) is 0 Å². The van der Waals surface area contributed by atoms with Gasteiger partial charge >= 0.3 is 0 Å². The molecule has 0 N–H and O–H groups in total. The molecule has 1 aromatic carbocycles. The van der Waals surface area contributed by atoms with Gasteiger partial charge in [0.15, 0.2) is 0 Å². The first kappa shape index (κ1) is 11.4. The summed E-state index contributed by atoms with van der Waals surface area (Å²) >= 11 is 0. The Balaban J connectivity index is 2.98. The maximum absolute atomic E-state index is 13.0. The second-order valence-corrected chi connectivity index (χ2v) is 3.48. The van der Waals surface area contributed by atoms with E-state index in [1.165, 1.54) is 12.1 Å². The molecule has 1 aromatic rings. The van der Waals surface area contributed by atoms with E-state index in [4.69, 9.17) is 0 Å². The van der Waals surface area contributed by atoms with Crippen LogP contribution in [0.25, 0.3) is 5.57 Å². The van der Waals surface area contributed by atoms with Gasteiger partial charge in [-0.3, -0.25) is 0 Å². The summed E-state index contributed by atoms with van der Waals surface area (Å²) in [4.78, 5) is 0. The Bertz CT molecular complexity index is 411. The SMILES string of the molecule is C=C/C=C(C)\C=C(/C)c1cccc(F)c1. The normalized spacial score (nSPS) is 12.7. The van der Waals surface area contributed by atoms with Crippen molar-refractivity contribution < 1.29 is 4.39 Å². The van der Waals surface area contributed by atoms with Gasteiger partial charge in [-0.2, -0.15) is 0 Å². The second-order valence-electron chi connectivity index (χ2n) is 3.48. The molecule has 0 aliphatic carbocycles. The zero-order valence-electron chi connectivity index (χ0n) is 9.13. The highest BCUT2D eigenvalue weighted by Crippen LogP contribution is 2.16. The number of halogens is 1. The summed E-state index contributed by atoms with van der Waals surface area (Å²) in [5.74, 6) is -0.203. The lowest BCUT2D eigenvalue weighted by Crippen LogP contribution is -1.82. The first-order valence-electron chi connectivity index (χ1n) is 4.87. The van der Waals surface area contributed by atoms with Gasteiger partial charge in [0.05, 0.1) is 0 Å². The highest BCUT2D eigenvalue weighted by Gasteiger charge is 1.97. The number of hydrogen-bond donors (Lipinski definition) is 0. The average molecular weight is 202 g/mol. The van der Waals surface area contributed by atoms with Gasteiger partial charge in [0, 0.05) is 0 Å². The van der Waals surface area contributed by atoms with Gasteiger partial charge in [-0.25, -0.2) is 4.39 Å². The predicted octanol–water partition coefficient (Wildman–Crippen LogP) is 4.36. The van der Waals surface area contributed by atoms with E-state index in [1.54, 1.807) is 12.1 Å². The molecule has 0 saturated heterocycles. The van der Waals surface area contributed by atoms with Crippen LogP contribution in [0.4, 0.5) is 4.39 Å². The van der Waals surface area contributed by atoms with E-state index in [2.05, 4.69) is 6.58 Å². The molecule has 0 saturated carbocycles. The van der Waals surface area contributed by atoms with E-state index < -0.39 is 0 Å². The number of rotatable bonds is 3. The van der Waals surface area contributed by atoms with Gasteiger partial charge in [-0.05, 0) is 37.1 Å². The molecule has 15 heavy (non-hydrogen) atoms. The van der Waals surface area contributed by atoms with Gasteiger partial charge in [-0.15, -0.1) is 0 Å². The molecule has 0 spiro atoms. The lowest BCUT2D eigenvalue weighted by molar-refractivity contribution is 0.627. The number of allylic oxidation sites excluding steroid dienone is 5. The van der Waals surface area contributed by atoms with Crippen LogP contribution in [0.5, 0.6) is 0 Å². The van der Waals surface area contributed by atoms with Crippen LogP contribution in [0.2, 0.25) is 0 Å². The Hall–Kier alpha value is -1.63. The monoisotopic (exact) mass is 202 g/mol. The third-order valence-corrected chi connectivity index (χ3v) is 2.10. The standard InChI is InChI=1S/C14H15F/c1-4-6-11(2)9-12(3)13-7-5-8-14(15)10-13/h4-10H,1H2,2-3H3/b11-6-,12-9+. The van der Waals surface area contributed by atoms with Crippen LogP contribution in [0, 0.1) is 5.82 Å². The fraction of sp³-hybridized carbons (Fsp3) is 0.143. The topological polar surface area (TPSA) is 0 Å². The Kier molecular flexibility index (Phi) is 4.04. The number of hydrogen-bond acceptors (Lipinski definition) is 0. The highest BCUT2D eigenvalue weighted by molar-refractivity contribution is 5.66. The molecule has 0 unspecified atom stereocenters. The van der Waals surface area contributed by atoms with Crippen LogP contribution in [-0.2, 0) is 0 Å². The molecule has 0 bridgehead atoms. The summed E-state index contributed by atoms with van der Waals surface area (Å²) in [6.07, 6.45) is 5.67. The second kappa shape index (κ2) is 5.30. The molecule has 0 nitrogen and oxygen atoms in total. The third-order valence-electron chi connectivity index (χ3n) is 2.10. The molecule has 78 valence electrons. The highest BCUT2D eigenvalue weighted by atomic mass is 19.1. The van der Waals surface area contributed by atoms with Gasteiger partial charge < -0.3 is 0 Å². The molecule has 0 atom stereocenters. The summed E-state index contributed by atoms with van der Waals surface area (Å²) in [5.41, 5.74) is 3.06. The minimum atomic E-state index is -0.203. The Morgan fingerprint density at radius 1 is 1.33 bits per heavy atom. The fourth-order valence-corrected chi connectivity index (χ4v) is 1.39. The number of benzene rings is 1. The van der Waals surface area contributed by atoms with Crippen molar-refractivity contribution in [3.05, 3.63) is 66.0 Å². The van der Waals surface area contributed by atoms with Crippen molar-refractivity contribution in [2.45, 2.75) is 13.8 Å². The van der Waals surface area contributed by atoms with Gasteiger partial charge in [-0.1, -0.05) is 42.5 Å². The molecule has 1 rings (SSSR count). The quantitative estimate of drug-likeness (QED) is 0.639. The molecule has 0 heterocycles. The molecule has 0 aromatic heterocycles. The summed E-state index contributed by atoms with van der Waals surface area (Å²) in [6.45, 7) is 7.59. The molecule has 0 radical (unpaired) electrons. The largest absolute Gasteiger partial charge is 0.207 e. The van der Waals surface area contributed by atoms with Crippen molar-refractivity contribution in [3.8, 4) is 0 Å². The van der Waals surface area contributed by atoms with E-state index in [9.17, 15) is 4.39 Å². The molecule has 0 aliphatic heterocycles. The van der Waals surface area contributed by atoms with E-state index in [-0.39, 0.29) is 5.82 Å². The Morgan fingerprint density at radius 2 is 2.07 bits per heavy atom. The van der Waals surface area contributed by atoms with Crippen molar-refractivity contribution in [3.63, 3.8) is 0 Å². The van der Waals surface area contributed by atoms with Gasteiger partial charge in [0.2, 0.25) is 0 Å². The summed E-state index contributed by atoms with van der Waals surface area (Å²) in [7, 11) is 0. The van der Waals surface area contributed by atoms with Crippen LogP contribution in [-0.4, -0.2) is 0 Å². The van der Waals surface area contributed by atoms with Crippen LogP contribution in [0.3, 0.4) is 0 Å². The van der Waals surface area contributed by atoms with Crippen LogP contribution >= 0.6 is 0 Å². The maximum atomic E-state index is 13.0. The third kappa shape index (κ3) is 3.55. The molecule has 0 fully saturated rings. The molecule has 0 aliphatic rings. The first-order valence-corrected chi connectivity index (χ1v) is 4.87. The molecular formula is C14H15F. The van der Waals surface area contributed by atoms with E-state index in [0.717, 1.165) is 16.7 Å². The zero-order chi connectivity index (χ0) is 11.3. The van der Waals surface area contributed by atoms with Crippen molar-refractivity contribution in [1.82, 2.24) is 0 Å². The van der Waals surface area contributed by atoms with Gasteiger partial charge in [0.25, 0.3) is 0 Å². The van der Waals surface area contributed by atoms with Crippen LogP contribution in [0.1, 0.15) is 19.4 Å². The van der Waals surface area contributed by atoms with Crippen molar-refractivity contribution in [2.75, 3.05) is 0 Å². The van der Waals surface area contributed by atoms with Crippen LogP contribution in [0.15, 0.2) is 54.6 Å². The van der Waals surface area contributed by atoms with Crippen molar-refractivity contribution >= 4 is 5.57 Å². The first-order chi connectivity index (χ1) is 7.13. The summed E-state index contributed by atoms with van der Waals surface area (Å²) < 4.78 is 13.0. The minimum Gasteiger partial charge on any atom is -0.207 e. The fourth-order valence-electron chi connectivity index (χ4n) is 1.39. The van der Waals surface area contributed by atoms with Crippen molar-refractivity contribution in [2.24, 2.45) is 0 Å². The molecular weight excluding hydrogens is 187 g/mol. The lowest BCUT2D eigenvalue weighted by Gasteiger charge is -2.01. The van der Waals surface area contributed by atoms with E-state index in [0.29, 0.717) is 0 Å². The molecule has 0 amide bonds. The van der Waals surface area contributed by atoms with E-state index in [1.807, 2.05) is 32.1 Å². The average Bonchev–Trinajstić information content (AvgIpc) is 2.18. The zero-order valence-corrected chi connectivity index (χ0v) is 9.13. The summed E-state index contributed by atoms with van der Waals surface area (Å²) in [5, 5.41) is 0. The lowest BCUT2D eigenvalue weighted by atomic mass is 10.0.